The molecule has 0 unspecified atom stereocenters. The van der Waals surface area contributed by atoms with E-state index in [1.165, 1.54) is 19.1 Å². The molecular formula is C13H13FN2O. The number of Topliss-reactive ketones (excluding diaryl/α,β-unsaturated/α-hetero) is 1. The van der Waals surface area contributed by atoms with Crippen LogP contribution >= 0.6 is 0 Å². The van der Waals surface area contributed by atoms with Crippen molar-refractivity contribution in [1.29, 1.82) is 0 Å². The lowest BCUT2D eigenvalue weighted by Crippen LogP contribution is -2.00. The topological polar surface area (TPSA) is 34.9 Å². The Morgan fingerprint density at radius 3 is 2.53 bits per heavy atom. The fraction of sp³-hybridized carbons (Fsp3) is 0.231. The molecule has 88 valence electrons. The Morgan fingerprint density at radius 1 is 1.35 bits per heavy atom. The van der Waals surface area contributed by atoms with Crippen LogP contribution in [0.5, 0.6) is 0 Å². The van der Waals surface area contributed by atoms with Crippen molar-refractivity contribution in [1.82, 2.24) is 9.78 Å². The van der Waals surface area contributed by atoms with E-state index in [9.17, 15) is 9.18 Å². The number of rotatable bonds is 3. The van der Waals surface area contributed by atoms with E-state index in [0.717, 1.165) is 11.3 Å². The molecule has 2 rings (SSSR count). The smallest absolute Gasteiger partial charge is 0.163 e. The second kappa shape index (κ2) is 4.49. The molecule has 2 aromatic rings. The Kier molecular flexibility index (Phi) is 3.04. The Balaban J connectivity index is 2.22. The third-order valence-electron chi connectivity index (χ3n) is 2.58. The average molecular weight is 232 g/mol. The van der Waals surface area contributed by atoms with E-state index < -0.39 is 0 Å². The van der Waals surface area contributed by atoms with Crippen LogP contribution in [0.15, 0.2) is 30.5 Å². The summed E-state index contributed by atoms with van der Waals surface area (Å²) in [5.41, 5.74) is 2.30. The van der Waals surface area contributed by atoms with Crippen molar-refractivity contribution in [2.24, 2.45) is 0 Å². The lowest BCUT2D eigenvalue weighted by molar-refractivity contribution is 0.101. The fourth-order valence-electron chi connectivity index (χ4n) is 1.72. The van der Waals surface area contributed by atoms with Gasteiger partial charge in [0, 0.05) is 6.20 Å². The Labute approximate surface area is 98.9 Å². The first-order chi connectivity index (χ1) is 8.06. The molecule has 0 spiro atoms. The van der Waals surface area contributed by atoms with Crippen LogP contribution in [0.3, 0.4) is 0 Å². The minimum Gasteiger partial charge on any atom is -0.294 e. The van der Waals surface area contributed by atoms with Gasteiger partial charge in [-0.25, -0.2) is 4.39 Å². The SMILES string of the molecule is CC(=O)c1cn(Cc2ccc(F)cc2)nc1C. The second-order valence-electron chi connectivity index (χ2n) is 4.01. The normalized spacial score (nSPS) is 10.5. The quantitative estimate of drug-likeness (QED) is 0.762. The molecule has 0 atom stereocenters. The number of nitrogens with zero attached hydrogens (tertiary/aromatic N) is 2. The van der Waals surface area contributed by atoms with Crippen molar-refractivity contribution in [2.45, 2.75) is 20.4 Å². The zero-order valence-electron chi connectivity index (χ0n) is 9.77. The molecule has 0 N–H and O–H groups in total. The molecule has 0 saturated carbocycles. The Hall–Kier alpha value is -1.97. The van der Waals surface area contributed by atoms with Crippen LogP contribution in [0.25, 0.3) is 0 Å². The lowest BCUT2D eigenvalue weighted by Gasteiger charge is -2.01. The van der Waals surface area contributed by atoms with Gasteiger partial charge in [0.1, 0.15) is 5.82 Å². The number of ketones is 1. The monoisotopic (exact) mass is 232 g/mol. The fourth-order valence-corrected chi connectivity index (χ4v) is 1.72. The summed E-state index contributed by atoms with van der Waals surface area (Å²) in [5, 5.41) is 4.25. The number of aromatic nitrogens is 2. The standard InChI is InChI=1S/C13H13FN2O/c1-9-13(10(2)17)8-16(15-9)7-11-3-5-12(14)6-4-11/h3-6,8H,7H2,1-2H3. The summed E-state index contributed by atoms with van der Waals surface area (Å²) in [6.45, 7) is 3.86. The van der Waals surface area contributed by atoms with Gasteiger partial charge in [-0.3, -0.25) is 9.48 Å². The molecule has 1 aromatic heterocycles. The molecule has 0 bridgehead atoms. The summed E-state index contributed by atoms with van der Waals surface area (Å²) in [6, 6.07) is 6.24. The van der Waals surface area contributed by atoms with Gasteiger partial charge in [0.05, 0.1) is 17.8 Å². The minimum atomic E-state index is -0.255. The third kappa shape index (κ3) is 2.58. The number of carbonyl (C=O) groups is 1. The summed E-state index contributed by atoms with van der Waals surface area (Å²) >= 11 is 0. The molecule has 17 heavy (non-hydrogen) atoms. The van der Waals surface area contributed by atoms with Crippen LogP contribution in [0.1, 0.15) is 28.5 Å². The summed E-state index contributed by atoms with van der Waals surface area (Å²) in [7, 11) is 0. The van der Waals surface area contributed by atoms with Crippen molar-refractivity contribution in [3.05, 3.63) is 53.1 Å². The highest BCUT2D eigenvalue weighted by Gasteiger charge is 2.08. The summed E-state index contributed by atoms with van der Waals surface area (Å²) < 4.78 is 14.4. The molecule has 0 fully saturated rings. The molecule has 0 amide bonds. The molecule has 1 aromatic carbocycles. The second-order valence-corrected chi connectivity index (χ2v) is 4.01. The Bertz CT molecular complexity index is 543. The van der Waals surface area contributed by atoms with Crippen molar-refractivity contribution >= 4 is 5.78 Å². The molecule has 4 heteroatoms. The maximum absolute atomic E-state index is 12.7. The van der Waals surface area contributed by atoms with E-state index in [1.54, 1.807) is 29.9 Å². The van der Waals surface area contributed by atoms with Gasteiger partial charge in [-0.1, -0.05) is 12.1 Å². The van der Waals surface area contributed by atoms with Crippen LogP contribution < -0.4 is 0 Å². The number of aryl methyl sites for hydroxylation is 1. The van der Waals surface area contributed by atoms with E-state index in [2.05, 4.69) is 5.10 Å². The van der Waals surface area contributed by atoms with Gasteiger partial charge in [-0.2, -0.15) is 5.10 Å². The van der Waals surface area contributed by atoms with Crippen LogP contribution in [-0.4, -0.2) is 15.6 Å². The number of halogens is 1. The van der Waals surface area contributed by atoms with Gasteiger partial charge in [0.25, 0.3) is 0 Å². The molecule has 3 nitrogen and oxygen atoms in total. The summed E-state index contributed by atoms with van der Waals surface area (Å²) in [5.74, 6) is -0.248. The van der Waals surface area contributed by atoms with Gasteiger partial charge in [0.15, 0.2) is 5.78 Å². The highest BCUT2D eigenvalue weighted by molar-refractivity contribution is 5.94. The Morgan fingerprint density at radius 2 is 2.00 bits per heavy atom. The molecule has 1 heterocycles. The van der Waals surface area contributed by atoms with Crippen molar-refractivity contribution in [3.63, 3.8) is 0 Å². The van der Waals surface area contributed by atoms with Gasteiger partial charge < -0.3 is 0 Å². The van der Waals surface area contributed by atoms with Gasteiger partial charge in [-0.15, -0.1) is 0 Å². The molecule has 0 aliphatic rings. The van der Waals surface area contributed by atoms with Crippen molar-refractivity contribution in [3.8, 4) is 0 Å². The molecule has 0 aliphatic carbocycles. The van der Waals surface area contributed by atoms with E-state index in [-0.39, 0.29) is 11.6 Å². The average Bonchev–Trinajstić information content (AvgIpc) is 2.63. The largest absolute Gasteiger partial charge is 0.294 e. The van der Waals surface area contributed by atoms with Gasteiger partial charge in [0.2, 0.25) is 0 Å². The summed E-state index contributed by atoms with van der Waals surface area (Å²) in [4.78, 5) is 11.3. The van der Waals surface area contributed by atoms with E-state index in [1.807, 2.05) is 0 Å². The number of hydrogen-bond donors (Lipinski definition) is 0. The van der Waals surface area contributed by atoms with Gasteiger partial charge in [-0.05, 0) is 31.5 Å². The molecular weight excluding hydrogens is 219 g/mol. The van der Waals surface area contributed by atoms with Crippen molar-refractivity contribution < 1.29 is 9.18 Å². The minimum absolute atomic E-state index is 0.00727. The summed E-state index contributed by atoms with van der Waals surface area (Å²) in [6.07, 6.45) is 1.72. The predicted molar refractivity (Wildman–Crippen MR) is 62.5 cm³/mol. The number of hydrogen-bond acceptors (Lipinski definition) is 2. The van der Waals surface area contributed by atoms with Crippen LogP contribution in [0, 0.1) is 12.7 Å². The molecule has 0 saturated heterocycles. The highest BCUT2D eigenvalue weighted by atomic mass is 19.1. The van der Waals surface area contributed by atoms with E-state index >= 15 is 0 Å². The lowest BCUT2D eigenvalue weighted by atomic mass is 10.2. The highest BCUT2D eigenvalue weighted by Crippen LogP contribution is 2.09. The van der Waals surface area contributed by atoms with Crippen LogP contribution in [0.2, 0.25) is 0 Å². The third-order valence-corrected chi connectivity index (χ3v) is 2.58. The van der Waals surface area contributed by atoms with Crippen molar-refractivity contribution in [2.75, 3.05) is 0 Å². The van der Waals surface area contributed by atoms with Crippen LogP contribution in [0.4, 0.5) is 4.39 Å². The first kappa shape index (κ1) is 11.5. The predicted octanol–water partition coefficient (Wildman–Crippen LogP) is 2.58. The van der Waals surface area contributed by atoms with E-state index in [0.29, 0.717) is 12.1 Å². The maximum atomic E-state index is 12.7. The molecule has 0 radical (unpaired) electrons. The first-order valence-electron chi connectivity index (χ1n) is 5.35. The van der Waals surface area contributed by atoms with E-state index in [4.69, 9.17) is 0 Å². The van der Waals surface area contributed by atoms with Gasteiger partial charge >= 0.3 is 0 Å². The maximum Gasteiger partial charge on any atom is 0.163 e. The number of carbonyl (C=O) groups excluding carboxylic acids is 1. The number of benzene rings is 1. The first-order valence-corrected chi connectivity index (χ1v) is 5.35. The zero-order valence-corrected chi connectivity index (χ0v) is 9.77. The van der Waals surface area contributed by atoms with Crippen LogP contribution in [-0.2, 0) is 6.54 Å². The molecule has 0 aliphatic heterocycles. The zero-order chi connectivity index (χ0) is 12.4.